The first-order valence-corrected chi connectivity index (χ1v) is 23.6. The van der Waals surface area contributed by atoms with Crippen molar-refractivity contribution >= 4 is 50.6 Å². The molecule has 0 atom stereocenters. The number of rotatable bonds is 9. The van der Waals surface area contributed by atoms with E-state index in [2.05, 4.69) is 153 Å². The summed E-state index contributed by atoms with van der Waals surface area (Å²) in [5.41, 5.74) is 13.5. The van der Waals surface area contributed by atoms with Crippen LogP contribution < -0.4 is 13.9 Å². The number of fused-ring (bicyclic) bond motifs is 4. The average molecular weight is 1120 g/mol. The van der Waals surface area contributed by atoms with E-state index in [0.717, 1.165) is 89.2 Å². The summed E-state index contributed by atoms with van der Waals surface area (Å²) in [4.78, 5) is 4.89. The number of aromatic nitrogens is 2. The van der Waals surface area contributed by atoms with E-state index in [0.29, 0.717) is 17.2 Å². The van der Waals surface area contributed by atoms with Crippen LogP contribution in [-0.2, 0) is 26.5 Å². The normalized spacial score (nSPS) is 12.1. The van der Waals surface area contributed by atoms with Gasteiger partial charge in [-0.2, -0.15) is 6.07 Å². The molecule has 0 aliphatic carbocycles. The number of nitrogens with zero attached hydrogens (tertiary/aromatic N) is 4. The van der Waals surface area contributed by atoms with Crippen LogP contribution in [0, 0.1) is 23.8 Å². The molecule has 12 rings (SSSR count). The first-order chi connectivity index (χ1) is 34.6. The molecular formula is C64H44F2N4OPt+2. The third kappa shape index (κ3) is 8.47. The topological polar surface area (TPSA) is 33.1 Å². The molecule has 0 bridgehead atoms. The molecule has 72 heavy (non-hydrogen) atoms. The van der Waals surface area contributed by atoms with Gasteiger partial charge in [-0.1, -0.05) is 158 Å². The van der Waals surface area contributed by atoms with Gasteiger partial charge in [0.25, 0.3) is 11.4 Å². The molecule has 5 nitrogen and oxygen atoms in total. The quantitative estimate of drug-likeness (QED) is 0.107. The van der Waals surface area contributed by atoms with Crippen molar-refractivity contribution in [1.82, 2.24) is 18.7 Å². The number of benzene rings is 9. The van der Waals surface area contributed by atoms with Crippen LogP contribution in [0.2, 0.25) is 0 Å². The Morgan fingerprint density at radius 1 is 0.514 bits per heavy atom. The fraction of sp³-hybridized carbons (Fsp3) is 0.0625. The summed E-state index contributed by atoms with van der Waals surface area (Å²) in [7, 11) is 0. The zero-order valence-electron chi connectivity index (χ0n) is 39.5. The maximum atomic E-state index is 14.4. The van der Waals surface area contributed by atoms with Crippen LogP contribution in [0.3, 0.4) is 0 Å². The molecule has 0 saturated carbocycles. The van der Waals surface area contributed by atoms with Crippen molar-refractivity contribution in [2.24, 2.45) is 0 Å². The molecule has 0 fully saturated rings. The molecule has 0 saturated heterocycles. The van der Waals surface area contributed by atoms with Gasteiger partial charge in [-0.05, 0) is 103 Å². The van der Waals surface area contributed by atoms with Gasteiger partial charge in [-0.25, -0.2) is 13.8 Å². The summed E-state index contributed by atoms with van der Waals surface area (Å²) >= 11 is 0. The molecule has 0 amide bonds. The molecule has 1 aliphatic rings. The van der Waals surface area contributed by atoms with Gasteiger partial charge < -0.3 is 9.30 Å². The van der Waals surface area contributed by atoms with Crippen molar-refractivity contribution in [2.45, 2.75) is 26.2 Å². The van der Waals surface area contributed by atoms with Crippen LogP contribution in [0.5, 0.6) is 11.5 Å². The maximum Gasteiger partial charge on any atom is 2.00 e. The van der Waals surface area contributed by atoms with Crippen LogP contribution in [0.1, 0.15) is 26.3 Å². The van der Waals surface area contributed by atoms with E-state index in [1.54, 1.807) is 24.3 Å². The van der Waals surface area contributed by atoms with Gasteiger partial charge in [-0.3, -0.25) is 0 Å². The van der Waals surface area contributed by atoms with Gasteiger partial charge in [0.1, 0.15) is 23.1 Å². The number of halogens is 2. The van der Waals surface area contributed by atoms with Gasteiger partial charge in [0, 0.05) is 35.3 Å². The van der Waals surface area contributed by atoms with Gasteiger partial charge in [0.2, 0.25) is 5.69 Å². The van der Waals surface area contributed by atoms with Crippen molar-refractivity contribution in [2.75, 3.05) is 0 Å². The number of hydrogen-bond donors (Lipinski definition) is 0. The number of para-hydroxylation sites is 4. The Kier molecular flexibility index (Phi) is 12.0. The Bertz CT molecular complexity index is 3880. The minimum absolute atomic E-state index is 0. The molecule has 0 N–H and O–H groups in total. The zero-order chi connectivity index (χ0) is 48.2. The summed E-state index contributed by atoms with van der Waals surface area (Å²) in [5, 5.41) is 2.12. The van der Waals surface area contributed by atoms with Gasteiger partial charge in [-0.15, -0.1) is 29.1 Å². The SMILES string of the molecule is CC(C)(C)c1ccnc(-n2c3[c-]c(Oc4[c-]c([N+]5=C=[N+](c6c(-c7ccc(F)cc7)cccc6-c6ccc(F)cc6)c6ccccc65)cc(-c5ccccc5-c5ccccc5)c4)ccc3c3ccccc32)c1.[Pt+2]. The summed E-state index contributed by atoms with van der Waals surface area (Å²) in [6.07, 6.45) is 1.88. The van der Waals surface area contributed by atoms with E-state index in [9.17, 15) is 8.78 Å². The van der Waals surface area contributed by atoms with E-state index < -0.39 is 0 Å². The molecule has 0 radical (unpaired) electrons. The smallest absolute Gasteiger partial charge is 0.509 e. The molecule has 9 aromatic carbocycles. The van der Waals surface area contributed by atoms with E-state index >= 15 is 0 Å². The zero-order valence-corrected chi connectivity index (χ0v) is 41.7. The van der Waals surface area contributed by atoms with Crippen molar-refractivity contribution < 1.29 is 34.6 Å². The molecule has 11 aromatic rings. The van der Waals surface area contributed by atoms with Crippen molar-refractivity contribution in [1.29, 1.82) is 0 Å². The Labute approximate surface area is 431 Å². The Balaban J connectivity index is 0.00000560. The van der Waals surface area contributed by atoms with Gasteiger partial charge >= 0.3 is 27.1 Å². The van der Waals surface area contributed by atoms with Gasteiger partial charge in [0.15, 0.2) is 0 Å². The molecule has 348 valence electrons. The van der Waals surface area contributed by atoms with Gasteiger partial charge in [0.05, 0.1) is 11.1 Å². The monoisotopic (exact) mass is 1120 g/mol. The third-order valence-electron chi connectivity index (χ3n) is 13.1. The van der Waals surface area contributed by atoms with E-state index in [4.69, 9.17) is 9.72 Å². The van der Waals surface area contributed by atoms with Crippen molar-refractivity contribution in [3.05, 3.63) is 242 Å². The summed E-state index contributed by atoms with van der Waals surface area (Å²) in [6, 6.07) is 77.7. The first kappa shape index (κ1) is 46.1. The largest absolute Gasteiger partial charge is 2.00 e. The minimum Gasteiger partial charge on any atom is -0.509 e. The van der Waals surface area contributed by atoms with Crippen LogP contribution >= 0.6 is 0 Å². The molecule has 0 spiro atoms. The predicted octanol–water partition coefficient (Wildman–Crippen LogP) is 16.7. The Morgan fingerprint density at radius 3 is 1.78 bits per heavy atom. The molecule has 8 heteroatoms. The van der Waals surface area contributed by atoms with Crippen LogP contribution in [-0.4, -0.2) is 15.6 Å². The summed E-state index contributed by atoms with van der Waals surface area (Å²) in [5.74, 6) is 1.13. The second-order valence-corrected chi connectivity index (χ2v) is 18.7. The van der Waals surface area contributed by atoms with E-state index in [1.807, 2.05) is 63.9 Å². The molecule has 1 aliphatic heterocycles. The number of hydrogen-bond acceptors (Lipinski definition) is 2. The Hall–Kier alpha value is -8.34. The Morgan fingerprint density at radius 2 is 1.10 bits per heavy atom. The molecule has 0 unspecified atom stereocenters. The summed E-state index contributed by atoms with van der Waals surface area (Å²) < 4.78 is 42.0. The maximum absolute atomic E-state index is 14.4. The van der Waals surface area contributed by atoms with Crippen molar-refractivity contribution in [3.63, 3.8) is 0 Å². The average Bonchev–Trinajstić information content (AvgIpc) is 3.95. The second-order valence-electron chi connectivity index (χ2n) is 18.7. The standard InChI is InChI=1S/C64H44F2N4O.Pt/c1-64(2,3)46-34-35-67-62(38-46)70-58-21-10-9-18-56(58)57-33-32-50(40-61(57)70)71-51-37-45(53-17-8-7-16-52(53)42-14-5-4-6-15-42)36-49(39-51)68-41-69(60-23-12-11-22-59(60)68)63-54(43-24-28-47(65)29-25-43)19-13-20-55(63)44-26-30-48(66)31-27-44;/h4-38H,1-3H3;/q;+2. The number of pyridine rings is 1. The second kappa shape index (κ2) is 18.8. The molecule has 3 heterocycles. The third-order valence-corrected chi connectivity index (χ3v) is 13.1. The molecule has 2 aromatic heterocycles. The van der Waals surface area contributed by atoms with Crippen LogP contribution in [0.25, 0.3) is 72.1 Å². The number of ether oxygens (including phenoxy) is 1. The summed E-state index contributed by atoms with van der Waals surface area (Å²) in [6.45, 7) is 6.62. The molecular weight excluding hydrogens is 1070 g/mol. The van der Waals surface area contributed by atoms with E-state index in [-0.39, 0.29) is 38.1 Å². The van der Waals surface area contributed by atoms with Crippen molar-refractivity contribution in [3.8, 4) is 61.8 Å². The van der Waals surface area contributed by atoms with E-state index in [1.165, 1.54) is 29.8 Å². The minimum atomic E-state index is -0.328. The fourth-order valence-electron chi connectivity index (χ4n) is 9.67. The van der Waals surface area contributed by atoms with Crippen LogP contribution in [0.4, 0.5) is 31.5 Å². The predicted molar refractivity (Wildman–Crippen MR) is 284 cm³/mol. The fourth-order valence-corrected chi connectivity index (χ4v) is 9.67. The van der Waals surface area contributed by atoms with Crippen LogP contribution in [0.15, 0.2) is 212 Å². The first-order valence-electron chi connectivity index (χ1n) is 23.6.